The van der Waals surface area contributed by atoms with E-state index in [4.69, 9.17) is 9.47 Å². The Balaban J connectivity index is 1.52. The van der Waals surface area contributed by atoms with Crippen molar-refractivity contribution in [1.29, 1.82) is 0 Å². The maximum absolute atomic E-state index is 13.1. The average molecular weight is 455 g/mol. The van der Waals surface area contributed by atoms with Gasteiger partial charge in [-0.2, -0.15) is 0 Å². The minimum Gasteiger partial charge on any atom is -0.497 e. The van der Waals surface area contributed by atoms with Crippen LogP contribution in [0.4, 0.5) is 5.69 Å². The number of ether oxygens (including phenoxy) is 2. The third kappa shape index (κ3) is 6.71. The lowest BCUT2D eigenvalue weighted by Crippen LogP contribution is -2.52. The highest BCUT2D eigenvalue weighted by atomic mass is 16.5. The van der Waals surface area contributed by atoms with Gasteiger partial charge in [0.25, 0.3) is 0 Å². The highest BCUT2D eigenvalue weighted by molar-refractivity contribution is 5.83. The van der Waals surface area contributed by atoms with Crippen molar-refractivity contribution < 1.29 is 24.2 Å². The highest BCUT2D eigenvalue weighted by Crippen LogP contribution is 2.23. The Kier molecular flexibility index (Phi) is 9.13. The summed E-state index contributed by atoms with van der Waals surface area (Å²) < 4.78 is 10.7. The first kappa shape index (κ1) is 24.6. The SMILES string of the molecule is CCOc1ccc(CCC[C@@H](C(=O)N2CCN(c3ccc(OC)cc3)CC2)[C@H](O)C=O)cc1. The molecule has 7 nitrogen and oxygen atoms in total. The number of aryl methyl sites for hydroxylation is 1. The van der Waals surface area contributed by atoms with Crippen LogP contribution in [0, 0.1) is 5.92 Å². The predicted octanol–water partition coefficient (Wildman–Crippen LogP) is 2.94. The molecule has 0 spiro atoms. The van der Waals surface area contributed by atoms with Gasteiger partial charge in [0.15, 0.2) is 0 Å². The van der Waals surface area contributed by atoms with E-state index in [-0.39, 0.29) is 5.91 Å². The quantitative estimate of drug-likeness (QED) is 0.526. The lowest BCUT2D eigenvalue weighted by atomic mass is 9.93. The molecule has 0 unspecified atom stereocenters. The van der Waals surface area contributed by atoms with Gasteiger partial charge < -0.3 is 29.2 Å². The zero-order chi connectivity index (χ0) is 23.6. The van der Waals surface area contributed by atoms with Crippen molar-refractivity contribution in [2.24, 2.45) is 5.92 Å². The first-order valence-electron chi connectivity index (χ1n) is 11.6. The van der Waals surface area contributed by atoms with Crippen LogP contribution in [-0.2, 0) is 16.0 Å². The zero-order valence-electron chi connectivity index (χ0n) is 19.5. The number of amides is 1. The van der Waals surface area contributed by atoms with Crippen LogP contribution in [0.25, 0.3) is 0 Å². The smallest absolute Gasteiger partial charge is 0.228 e. The topological polar surface area (TPSA) is 79.3 Å². The third-order valence-electron chi connectivity index (χ3n) is 6.11. The van der Waals surface area contributed by atoms with Crippen LogP contribution < -0.4 is 14.4 Å². The molecule has 2 aromatic carbocycles. The van der Waals surface area contributed by atoms with Gasteiger partial charge >= 0.3 is 0 Å². The summed E-state index contributed by atoms with van der Waals surface area (Å²) in [6.45, 7) is 5.10. The van der Waals surface area contributed by atoms with E-state index in [1.54, 1.807) is 12.0 Å². The molecule has 0 aliphatic carbocycles. The van der Waals surface area contributed by atoms with Crippen LogP contribution in [0.15, 0.2) is 48.5 Å². The highest BCUT2D eigenvalue weighted by Gasteiger charge is 2.32. The summed E-state index contributed by atoms with van der Waals surface area (Å²) in [6, 6.07) is 15.8. The Bertz CT molecular complexity index is 877. The second kappa shape index (κ2) is 12.3. The minimum atomic E-state index is -1.28. The largest absolute Gasteiger partial charge is 0.497 e. The van der Waals surface area contributed by atoms with Crippen molar-refractivity contribution >= 4 is 17.9 Å². The average Bonchev–Trinajstić information content (AvgIpc) is 2.87. The van der Waals surface area contributed by atoms with Gasteiger partial charge in [0, 0.05) is 31.9 Å². The zero-order valence-corrected chi connectivity index (χ0v) is 19.5. The summed E-state index contributed by atoms with van der Waals surface area (Å²) in [5, 5.41) is 10.2. The monoisotopic (exact) mass is 454 g/mol. The lowest BCUT2D eigenvalue weighted by Gasteiger charge is -2.38. The molecule has 1 amide bonds. The van der Waals surface area contributed by atoms with Gasteiger partial charge in [-0.15, -0.1) is 0 Å². The number of methoxy groups -OCH3 is 1. The van der Waals surface area contributed by atoms with Gasteiger partial charge in [-0.3, -0.25) is 4.79 Å². The van der Waals surface area contributed by atoms with Crippen molar-refractivity contribution in [3.8, 4) is 11.5 Å². The number of carbonyl (C=O) groups is 2. The Morgan fingerprint density at radius 1 is 1.03 bits per heavy atom. The van der Waals surface area contributed by atoms with Gasteiger partial charge in [0.2, 0.25) is 5.91 Å². The molecule has 33 heavy (non-hydrogen) atoms. The van der Waals surface area contributed by atoms with Crippen LogP contribution >= 0.6 is 0 Å². The molecule has 2 atom stereocenters. The predicted molar refractivity (Wildman–Crippen MR) is 128 cm³/mol. The number of nitrogens with zero attached hydrogens (tertiary/aromatic N) is 2. The molecule has 1 fully saturated rings. The number of aldehydes is 1. The van der Waals surface area contributed by atoms with Crippen molar-refractivity contribution in [2.75, 3.05) is 44.8 Å². The van der Waals surface area contributed by atoms with Gasteiger partial charge in [-0.1, -0.05) is 12.1 Å². The molecule has 1 heterocycles. The summed E-state index contributed by atoms with van der Waals surface area (Å²) in [7, 11) is 1.64. The summed E-state index contributed by atoms with van der Waals surface area (Å²) >= 11 is 0. The van der Waals surface area contributed by atoms with Crippen molar-refractivity contribution in [3.63, 3.8) is 0 Å². The van der Waals surface area contributed by atoms with Crippen molar-refractivity contribution in [2.45, 2.75) is 32.3 Å². The number of hydrogen-bond donors (Lipinski definition) is 1. The fourth-order valence-electron chi connectivity index (χ4n) is 4.19. The van der Waals surface area contributed by atoms with Gasteiger partial charge in [0.1, 0.15) is 23.9 Å². The van der Waals surface area contributed by atoms with Crippen molar-refractivity contribution in [1.82, 2.24) is 4.90 Å². The van der Waals surface area contributed by atoms with Crippen LogP contribution in [0.3, 0.4) is 0 Å². The Morgan fingerprint density at radius 2 is 1.67 bits per heavy atom. The second-order valence-corrected chi connectivity index (χ2v) is 8.21. The van der Waals surface area contributed by atoms with E-state index in [1.165, 1.54) is 0 Å². The standard InChI is InChI=1S/C26H34N2O5/c1-3-33-23-11-7-20(8-12-23)5-4-6-24(25(30)19-29)26(31)28-17-15-27(16-18-28)21-9-13-22(32-2)14-10-21/h7-14,19,24-25,30H,3-6,15-18H2,1-2H3/t24-,25-/m1/s1. The number of aliphatic hydroxyl groups excluding tert-OH is 1. The number of piperazine rings is 1. The second-order valence-electron chi connectivity index (χ2n) is 8.21. The van der Waals surface area contributed by atoms with Gasteiger partial charge in [0.05, 0.1) is 19.6 Å². The Hall–Kier alpha value is -3.06. The summed E-state index contributed by atoms with van der Waals surface area (Å²) in [4.78, 5) is 28.4. The van der Waals surface area contributed by atoms with Gasteiger partial charge in [-0.25, -0.2) is 0 Å². The first-order valence-corrected chi connectivity index (χ1v) is 11.6. The maximum Gasteiger partial charge on any atom is 0.228 e. The number of rotatable bonds is 11. The molecule has 1 aliphatic heterocycles. The van der Waals surface area contributed by atoms with Crippen LogP contribution in [0.1, 0.15) is 25.3 Å². The molecular weight excluding hydrogens is 420 g/mol. The van der Waals surface area contributed by atoms with Crippen molar-refractivity contribution in [3.05, 3.63) is 54.1 Å². The third-order valence-corrected chi connectivity index (χ3v) is 6.11. The normalized spacial score (nSPS) is 15.6. The first-order chi connectivity index (χ1) is 16.0. The minimum absolute atomic E-state index is 0.143. The number of anilines is 1. The number of hydrogen-bond acceptors (Lipinski definition) is 6. The molecule has 1 saturated heterocycles. The molecule has 1 aliphatic rings. The summed E-state index contributed by atoms with van der Waals surface area (Å²) in [6.07, 6.45) is 1.14. The molecule has 1 N–H and O–H groups in total. The molecule has 2 aromatic rings. The summed E-state index contributed by atoms with van der Waals surface area (Å²) in [5.41, 5.74) is 2.22. The number of benzene rings is 2. The fraction of sp³-hybridized carbons (Fsp3) is 0.462. The maximum atomic E-state index is 13.1. The van der Waals surface area contributed by atoms with E-state index in [9.17, 15) is 14.7 Å². The fourth-order valence-corrected chi connectivity index (χ4v) is 4.19. The number of carbonyl (C=O) groups excluding carboxylic acids is 2. The van der Waals surface area contributed by atoms with Crippen LogP contribution in [0.2, 0.25) is 0 Å². The van der Waals surface area contributed by atoms with Crippen LogP contribution in [-0.4, -0.2) is 68.2 Å². The van der Waals surface area contributed by atoms with E-state index < -0.39 is 12.0 Å². The number of aliphatic hydroxyl groups is 1. The van der Waals surface area contributed by atoms with Crippen LogP contribution in [0.5, 0.6) is 11.5 Å². The van der Waals surface area contributed by atoms with E-state index >= 15 is 0 Å². The van der Waals surface area contributed by atoms with E-state index in [0.717, 1.165) is 29.2 Å². The molecule has 3 rings (SSSR count). The molecule has 0 aromatic heterocycles. The molecule has 0 saturated carbocycles. The molecular formula is C26H34N2O5. The Morgan fingerprint density at radius 3 is 2.24 bits per heavy atom. The molecule has 0 bridgehead atoms. The van der Waals surface area contributed by atoms with E-state index in [0.29, 0.717) is 51.9 Å². The molecule has 178 valence electrons. The van der Waals surface area contributed by atoms with E-state index in [1.807, 2.05) is 55.5 Å². The summed E-state index contributed by atoms with van der Waals surface area (Å²) in [5.74, 6) is 0.788. The van der Waals surface area contributed by atoms with E-state index in [2.05, 4.69) is 4.90 Å². The molecule has 7 heteroatoms. The molecule has 0 radical (unpaired) electrons. The van der Waals surface area contributed by atoms with Gasteiger partial charge in [-0.05, 0) is 68.1 Å². The lowest BCUT2D eigenvalue weighted by molar-refractivity contribution is -0.142. The Labute approximate surface area is 195 Å².